The summed E-state index contributed by atoms with van der Waals surface area (Å²) < 4.78 is 12.2. The summed E-state index contributed by atoms with van der Waals surface area (Å²) >= 11 is 0. The fourth-order valence-corrected chi connectivity index (χ4v) is 2.98. The summed E-state index contributed by atoms with van der Waals surface area (Å²) in [4.78, 5) is 0. The average molecular weight is 202 g/mol. The molecule has 0 amide bonds. The zero-order valence-electron chi connectivity index (χ0n) is 9.85. The highest BCUT2D eigenvalue weighted by atomic mass is 31.2. The normalized spacial score (nSPS) is 18.0. The van der Waals surface area contributed by atoms with Crippen molar-refractivity contribution in [2.24, 2.45) is 5.41 Å². The minimum atomic E-state index is -2.21. The van der Waals surface area contributed by atoms with Gasteiger partial charge in [-0.25, -0.2) is 0 Å². The zero-order valence-corrected chi connectivity index (χ0v) is 10.7. The molecule has 0 aliphatic heterocycles. The van der Waals surface area contributed by atoms with Crippen LogP contribution in [0.4, 0.5) is 0 Å². The first-order chi connectivity index (χ1) is 5.52. The quantitative estimate of drug-likeness (QED) is 0.622. The minimum absolute atomic E-state index is 0.132. The van der Waals surface area contributed by atoms with Gasteiger partial charge in [0.05, 0.1) is 0 Å². The van der Waals surface area contributed by atoms with E-state index in [2.05, 4.69) is 41.2 Å². The molecule has 0 aromatic carbocycles. The van der Waals surface area contributed by atoms with E-state index in [1.165, 1.54) is 0 Å². The molecule has 0 aliphatic rings. The Balaban J connectivity index is 4.78. The van der Waals surface area contributed by atoms with Crippen molar-refractivity contribution in [3.05, 3.63) is 12.4 Å². The summed E-state index contributed by atoms with van der Waals surface area (Å²) in [5.74, 6) is 1.64. The predicted molar refractivity (Wildman–Crippen MR) is 61.9 cm³/mol. The van der Waals surface area contributed by atoms with Crippen molar-refractivity contribution in [2.45, 2.75) is 46.2 Å². The maximum Gasteiger partial charge on any atom is 0.110 e. The molecule has 0 bridgehead atoms. The van der Waals surface area contributed by atoms with Crippen molar-refractivity contribution in [2.75, 3.05) is 6.66 Å². The molecule has 0 saturated carbocycles. The van der Waals surface area contributed by atoms with Gasteiger partial charge in [-0.3, -0.25) is 0 Å². The third kappa shape index (κ3) is 3.68. The molecule has 0 heterocycles. The second-order valence-corrected chi connectivity index (χ2v) is 9.28. The lowest BCUT2D eigenvalue weighted by atomic mass is 9.86. The second-order valence-electron chi connectivity index (χ2n) is 5.72. The lowest BCUT2D eigenvalue weighted by Gasteiger charge is -2.35. The number of hydrogen-bond acceptors (Lipinski definition) is 1. The van der Waals surface area contributed by atoms with Crippen molar-refractivity contribution in [3.8, 4) is 0 Å². The van der Waals surface area contributed by atoms with Crippen molar-refractivity contribution in [1.29, 1.82) is 0 Å². The van der Waals surface area contributed by atoms with Gasteiger partial charge in [-0.05, 0) is 24.3 Å². The predicted octanol–water partition coefficient (Wildman–Crippen LogP) is 4.34. The fourth-order valence-electron chi connectivity index (χ4n) is 1.70. The molecule has 0 saturated heterocycles. The van der Waals surface area contributed by atoms with Crippen LogP contribution in [-0.4, -0.2) is 11.8 Å². The molecule has 13 heavy (non-hydrogen) atoms. The van der Waals surface area contributed by atoms with Gasteiger partial charge in [0, 0.05) is 5.16 Å². The van der Waals surface area contributed by atoms with Crippen LogP contribution in [0.1, 0.15) is 41.0 Å². The summed E-state index contributed by atoms with van der Waals surface area (Å²) in [6.45, 7) is 16.2. The monoisotopic (exact) mass is 202 g/mol. The van der Waals surface area contributed by atoms with Crippen LogP contribution in [0.3, 0.4) is 0 Å². The first-order valence-electron chi connectivity index (χ1n) is 4.73. The molecule has 0 rings (SSSR count). The van der Waals surface area contributed by atoms with Gasteiger partial charge in [-0.2, -0.15) is 0 Å². The Morgan fingerprint density at radius 2 is 1.62 bits per heavy atom. The van der Waals surface area contributed by atoms with Gasteiger partial charge in [0.15, 0.2) is 0 Å². The summed E-state index contributed by atoms with van der Waals surface area (Å²) in [6, 6.07) is 0. The van der Waals surface area contributed by atoms with Crippen LogP contribution in [-0.2, 0) is 4.57 Å². The first kappa shape index (κ1) is 13.0. The van der Waals surface area contributed by atoms with Crippen LogP contribution in [0, 0.1) is 5.41 Å². The van der Waals surface area contributed by atoms with Crippen LogP contribution in [0.2, 0.25) is 0 Å². The van der Waals surface area contributed by atoms with E-state index in [0.717, 1.165) is 6.42 Å². The van der Waals surface area contributed by atoms with Gasteiger partial charge in [0.1, 0.15) is 7.14 Å². The second kappa shape index (κ2) is 3.61. The van der Waals surface area contributed by atoms with E-state index in [1.54, 1.807) is 5.82 Å². The van der Waals surface area contributed by atoms with Crippen LogP contribution in [0.15, 0.2) is 12.4 Å². The molecular formula is C11H23OP. The summed E-state index contributed by atoms with van der Waals surface area (Å²) in [6.07, 6.45) is 0.958. The minimum Gasteiger partial charge on any atom is -0.319 e. The van der Waals surface area contributed by atoms with Gasteiger partial charge in [0.2, 0.25) is 0 Å². The summed E-state index contributed by atoms with van der Waals surface area (Å²) in [5, 5.41) is -0.132. The SMILES string of the molecule is C=CP(C)(=O)C(C)(C)CC(C)(C)C. The first-order valence-corrected chi connectivity index (χ1v) is 6.95. The Morgan fingerprint density at radius 1 is 1.23 bits per heavy atom. The zero-order chi connectivity index (χ0) is 10.9. The van der Waals surface area contributed by atoms with E-state index in [4.69, 9.17) is 0 Å². The van der Waals surface area contributed by atoms with E-state index in [-0.39, 0.29) is 10.6 Å². The third-order valence-corrected chi connectivity index (χ3v) is 5.77. The topological polar surface area (TPSA) is 17.1 Å². The number of rotatable bonds is 3. The molecule has 1 unspecified atom stereocenters. The standard InChI is InChI=1S/C11H23OP/c1-8-13(7,12)11(5,6)9-10(2,3)4/h8H,1,9H2,2-7H3. The lowest BCUT2D eigenvalue weighted by molar-refractivity contribution is 0.330. The highest BCUT2D eigenvalue weighted by Crippen LogP contribution is 2.59. The Morgan fingerprint density at radius 3 is 1.85 bits per heavy atom. The summed E-state index contributed by atoms with van der Waals surface area (Å²) in [5.41, 5.74) is 0.220. The number of hydrogen-bond donors (Lipinski definition) is 0. The summed E-state index contributed by atoms with van der Waals surface area (Å²) in [7, 11) is -2.21. The van der Waals surface area contributed by atoms with Gasteiger partial charge < -0.3 is 4.57 Å². The molecule has 2 heteroatoms. The van der Waals surface area contributed by atoms with E-state index in [0.29, 0.717) is 0 Å². The fraction of sp³-hybridized carbons (Fsp3) is 0.818. The van der Waals surface area contributed by atoms with Crippen LogP contribution in [0.5, 0.6) is 0 Å². The van der Waals surface area contributed by atoms with Crippen molar-refractivity contribution >= 4 is 7.14 Å². The molecule has 0 aliphatic carbocycles. The Kier molecular flexibility index (Phi) is 3.60. The molecule has 1 nitrogen and oxygen atoms in total. The molecular weight excluding hydrogens is 179 g/mol. The van der Waals surface area contributed by atoms with Crippen LogP contribution < -0.4 is 0 Å². The van der Waals surface area contributed by atoms with E-state index < -0.39 is 7.14 Å². The molecule has 0 aromatic rings. The smallest absolute Gasteiger partial charge is 0.110 e. The maximum atomic E-state index is 12.2. The highest BCUT2D eigenvalue weighted by molar-refractivity contribution is 7.67. The van der Waals surface area contributed by atoms with Gasteiger partial charge in [0.25, 0.3) is 0 Å². The Hall–Kier alpha value is -0.0300. The van der Waals surface area contributed by atoms with Crippen molar-refractivity contribution < 1.29 is 4.57 Å². The molecule has 0 spiro atoms. The van der Waals surface area contributed by atoms with Crippen molar-refractivity contribution in [3.63, 3.8) is 0 Å². The molecule has 78 valence electrons. The molecule has 0 aromatic heterocycles. The lowest BCUT2D eigenvalue weighted by Crippen LogP contribution is -2.26. The van der Waals surface area contributed by atoms with E-state index >= 15 is 0 Å². The van der Waals surface area contributed by atoms with Gasteiger partial charge >= 0.3 is 0 Å². The van der Waals surface area contributed by atoms with Crippen molar-refractivity contribution in [1.82, 2.24) is 0 Å². The van der Waals surface area contributed by atoms with E-state index in [9.17, 15) is 4.57 Å². The average Bonchev–Trinajstić information content (AvgIpc) is 1.81. The molecule has 0 N–H and O–H groups in total. The van der Waals surface area contributed by atoms with Crippen LogP contribution >= 0.6 is 7.14 Å². The van der Waals surface area contributed by atoms with Gasteiger partial charge in [-0.1, -0.05) is 41.2 Å². The highest BCUT2D eigenvalue weighted by Gasteiger charge is 2.36. The Bertz CT molecular complexity index is 233. The third-order valence-electron chi connectivity index (χ3n) is 2.51. The van der Waals surface area contributed by atoms with E-state index in [1.807, 2.05) is 6.66 Å². The van der Waals surface area contributed by atoms with Crippen LogP contribution in [0.25, 0.3) is 0 Å². The Labute approximate surface area is 83.0 Å². The molecule has 0 fully saturated rings. The van der Waals surface area contributed by atoms with Gasteiger partial charge in [-0.15, -0.1) is 0 Å². The maximum absolute atomic E-state index is 12.2. The largest absolute Gasteiger partial charge is 0.319 e. The molecule has 0 radical (unpaired) electrons. The molecule has 1 atom stereocenters.